The standard InChI is InChI=1S/C13H24/c1-4-11(3)9-12(5-2)10-13-7-6-8-13/h9,11,13H,4-8,10H2,1-3H3/b12-9+. The zero-order valence-corrected chi connectivity index (χ0v) is 9.47. The van der Waals surface area contributed by atoms with Crippen molar-refractivity contribution < 1.29 is 0 Å². The van der Waals surface area contributed by atoms with Crippen LogP contribution in [0.2, 0.25) is 0 Å². The Morgan fingerprint density at radius 3 is 2.46 bits per heavy atom. The Balaban J connectivity index is 2.35. The maximum Gasteiger partial charge on any atom is -0.0262 e. The van der Waals surface area contributed by atoms with E-state index >= 15 is 0 Å². The van der Waals surface area contributed by atoms with Gasteiger partial charge in [-0.1, -0.05) is 58.1 Å². The molecule has 1 fully saturated rings. The average molecular weight is 180 g/mol. The molecule has 0 heterocycles. The van der Waals surface area contributed by atoms with E-state index in [1.807, 2.05) is 0 Å². The molecule has 0 bridgehead atoms. The van der Waals surface area contributed by atoms with Gasteiger partial charge in [-0.2, -0.15) is 0 Å². The third kappa shape index (κ3) is 3.54. The van der Waals surface area contributed by atoms with Crippen molar-refractivity contribution in [2.45, 2.75) is 59.3 Å². The van der Waals surface area contributed by atoms with Gasteiger partial charge in [0, 0.05) is 0 Å². The normalized spacial score (nSPS) is 21.3. The minimum absolute atomic E-state index is 0.787. The highest BCUT2D eigenvalue weighted by atomic mass is 14.2. The highest BCUT2D eigenvalue weighted by Gasteiger charge is 2.18. The first-order valence-electron chi connectivity index (χ1n) is 5.95. The summed E-state index contributed by atoms with van der Waals surface area (Å²) in [6.45, 7) is 6.90. The van der Waals surface area contributed by atoms with Crippen LogP contribution in [0.4, 0.5) is 0 Å². The number of hydrogen-bond donors (Lipinski definition) is 0. The third-order valence-electron chi connectivity index (χ3n) is 3.39. The van der Waals surface area contributed by atoms with E-state index in [-0.39, 0.29) is 0 Å². The Hall–Kier alpha value is -0.260. The predicted molar refractivity (Wildman–Crippen MR) is 59.8 cm³/mol. The van der Waals surface area contributed by atoms with Crippen LogP contribution in [0.1, 0.15) is 59.3 Å². The molecule has 0 aliphatic heterocycles. The van der Waals surface area contributed by atoms with Crippen molar-refractivity contribution in [3.63, 3.8) is 0 Å². The van der Waals surface area contributed by atoms with E-state index in [4.69, 9.17) is 0 Å². The molecule has 13 heavy (non-hydrogen) atoms. The summed E-state index contributed by atoms with van der Waals surface area (Å²) in [5.41, 5.74) is 1.71. The van der Waals surface area contributed by atoms with Crippen LogP contribution in [0.25, 0.3) is 0 Å². The summed E-state index contributed by atoms with van der Waals surface area (Å²) in [4.78, 5) is 0. The molecule has 1 saturated carbocycles. The monoisotopic (exact) mass is 180 g/mol. The summed E-state index contributed by atoms with van der Waals surface area (Å²) in [6, 6.07) is 0. The molecule has 0 aromatic rings. The first kappa shape index (κ1) is 10.8. The Morgan fingerprint density at radius 1 is 1.38 bits per heavy atom. The van der Waals surface area contributed by atoms with Crippen molar-refractivity contribution in [2.24, 2.45) is 11.8 Å². The van der Waals surface area contributed by atoms with Gasteiger partial charge in [0.05, 0.1) is 0 Å². The van der Waals surface area contributed by atoms with E-state index in [0.717, 1.165) is 11.8 Å². The van der Waals surface area contributed by atoms with Gasteiger partial charge in [-0.3, -0.25) is 0 Å². The summed E-state index contributed by atoms with van der Waals surface area (Å²) in [7, 11) is 0. The Labute approximate surface area is 83.4 Å². The molecule has 0 N–H and O–H groups in total. The second kappa shape index (κ2) is 5.47. The molecule has 1 aliphatic rings. The lowest BCUT2D eigenvalue weighted by atomic mass is 9.80. The maximum atomic E-state index is 2.51. The Morgan fingerprint density at radius 2 is 2.08 bits per heavy atom. The van der Waals surface area contributed by atoms with Crippen molar-refractivity contribution >= 4 is 0 Å². The fraction of sp³-hybridized carbons (Fsp3) is 0.846. The highest BCUT2D eigenvalue weighted by molar-refractivity contribution is 5.05. The van der Waals surface area contributed by atoms with E-state index < -0.39 is 0 Å². The van der Waals surface area contributed by atoms with Gasteiger partial charge in [0.2, 0.25) is 0 Å². The smallest absolute Gasteiger partial charge is 0.0262 e. The lowest BCUT2D eigenvalue weighted by Gasteiger charge is -2.26. The number of allylic oxidation sites excluding steroid dienone is 2. The summed E-state index contributed by atoms with van der Waals surface area (Å²) in [6.07, 6.45) is 10.9. The van der Waals surface area contributed by atoms with Gasteiger partial charge in [-0.15, -0.1) is 0 Å². The summed E-state index contributed by atoms with van der Waals surface area (Å²) in [5, 5.41) is 0. The molecule has 0 aromatic carbocycles. The van der Waals surface area contributed by atoms with Crippen molar-refractivity contribution in [2.75, 3.05) is 0 Å². The van der Waals surface area contributed by atoms with Crippen LogP contribution in [0.15, 0.2) is 11.6 Å². The SMILES string of the molecule is CC/C(=C\C(C)CC)CC1CCC1. The zero-order valence-electron chi connectivity index (χ0n) is 9.47. The van der Waals surface area contributed by atoms with Gasteiger partial charge < -0.3 is 0 Å². The zero-order chi connectivity index (χ0) is 9.68. The molecule has 0 amide bonds. The van der Waals surface area contributed by atoms with Gasteiger partial charge in [0.15, 0.2) is 0 Å². The predicted octanol–water partition coefficient (Wildman–Crippen LogP) is 4.56. The first-order chi connectivity index (χ1) is 6.26. The molecule has 1 unspecified atom stereocenters. The van der Waals surface area contributed by atoms with E-state index in [1.54, 1.807) is 5.57 Å². The van der Waals surface area contributed by atoms with Crippen LogP contribution in [-0.4, -0.2) is 0 Å². The molecule has 0 radical (unpaired) electrons. The molecule has 0 saturated heterocycles. The fourth-order valence-electron chi connectivity index (χ4n) is 1.92. The summed E-state index contributed by atoms with van der Waals surface area (Å²) < 4.78 is 0. The van der Waals surface area contributed by atoms with E-state index in [2.05, 4.69) is 26.8 Å². The minimum atomic E-state index is 0.787. The lowest BCUT2D eigenvalue weighted by Crippen LogP contribution is -2.11. The van der Waals surface area contributed by atoms with Gasteiger partial charge in [0.1, 0.15) is 0 Å². The summed E-state index contributed by atoms with van der Waals surface area (Å²) in [5.74, 6) is 1.82. The van der Waals surface area contributed by atoms with Crippen LogP contribution in [0.5, 0.6) is 0 Å². The Bertz CT molecular complexity index is 163. The van der Waals surface area contributed by atoms with E-state index in [0.29, 0.717) is 0 Å². The average Bonchev–Trinajstić information content (AvgIpc) is 2.08. The van der Waals surface area contributed by atoms with Crippen molar-refractivity contribution in [3.8, 4) is 0 Å². The maximum absolute atomic E-state index is 2.51. The van der Waals surface area contributed by atoms with E-state index in [9.17, 15) is 0 Å². The second-order valence-corrected chi connectivity index (χ2v) is 4.57. The molecule has 76 valence electrons. The topological polar surface area (TPSA) is 0 Å². The molecule has 1 atom stereocenters. The number of hydrogen-bond acceptors (Lipinski definition) is 0. The highest BCUT2D eigenvalue weighted by Crippen LogP contribution is 2.33. The van der Waals surface area contributed by atoms with Gasteiger partial charge in [-0.25, -0.2) is 0 Å². The lowest BCUT2D eigenvalue weighted by molar-refractivity contribution is 0.311. The molecule has 0 heteroatoms. The van der Waals surface area contributed by atoms with Crippen molar-refractivity contribution in [1.82, 2.24) is 0 Å². The Kier molecular flexibility index (Phi) is 4.55. The van der Waals surface area contributed by atoms with Crippen LogP contribution in [-0.2, 0) is 0 Å². The van der Waals surface area contributed by atoms with Crippen molar-refractivity contribution in [1.29, 1.82) is 0 Å². The molecule has 0 aromatic heterocycles. The van der Waals surface area contributed by atoms with E-state index in [1.165, 1.54) is 38.5 Å². The molecule has 0 nitrogen and oxygen atoms in total. The molecular formula is C13H24. The van der Waals surface area contributed by atoms with Gasteiger partial charge in [-0.05, 0) is 24.7 Å². The first-order valence-corrected chi connectivity index (χ1v) is 5.95. The largest absolute Gasteiger partial charge is 0.0825 e. The quantitative estimate of drug-likeness (QED) is 0.544. The molecule has 1 aliphatic carbocycles. The third-order valence-corrected chi connectivity index (χ3v) is 3.39. The van der Waals surface area contributed by atoms with Crippen LogP contribution >= 0.6 is 0 Å². The van der Waals surface area contributed by atoms with Gasteiger partial charge >= 0.3 is 0 Å². The molecule has 0 spiro atoms. The second-order valence-electron chi connectivity index (χ2n) is 4.57. The van der Waals surface area contributed by atoms with Crippen LogP contribution < -0.4 is 0 Å². The summed E-state index contributed by atoms with van der Waals surface area (Å²) >= 11 is 0. The van der Waals surface area contributed by atoms with Crippen molar-refractivity contribution in [3.05, 3.63) is 11.6 Å². The van der Waals surface area contributed by atoms with Crippen LogP contribution in [0, 0.1) is 11.8 Å². The minimum Gasteiger partial charge on any atom is -0.0825 e. The molecular weight excluding hydrogens is 156 g/mol. The fourth-order valence-corrected chi connectivity index (χ4v) is 1.92. The number of rotatable bonds is 5. The molecule has 1 rings (SSSR count). The van der Waals surface area contributed by atoms with Gasteiger partial charge in [0.25, 0.3) is 0 Å². The van der Waals surface area contributed by atoms with Crippen LogP contribution in [0.3, 0.4) is 0 Å².